The van der Waals surface area contributed by atoms with Gasteiger partial charge in [0.1, 0.15) is 6.54 Å². The first-order chi connectivity index (χ1) is 13.1. The Kier molecular flexibility index (Phi) is 4.94. The van der Waals surface area contributed by atoms with Crippen LogP contribution in [0.15, 0.2) is 48.5 Å². The van der Waals surface area contributed by atoms with Crippen LogP contribution in [0.4, 0.5) is 11.4 Å². The molecule has 0 bridgehead atoms. The second-order valence-electron chi connectivity index (χ2n) is 7.55. The van der Waals surface area contributed by atoms with Gasteiger partial charge in [0.25, 0.3) is 5.78 Å². The van der Waals surface area contributed by atoms with Gasteiger partial charge in [-0.3, -0.25) is 14.5 Å². The predicted octanol–water partition coefficient (Wildman–Crippen LogP) is 1.88. The molecule has 0 spiro atoms. The molecule has 0 radical (unpaired) electrons. The third-order valence-corrected chi connectivity index (χ3v) is 5.49. The zero-order valence-corrected chi connectivity index (χ0v) is 15.8. The minimum Gasteiger partial charge on any atom is -0.371 e. The van der Waals surface area contributed by atoms with Gasteiger partial charge < -0.3 is 9.80 Å². The van der Waals surface area contributed by atoms with Gasteiger partial charge in [0.2, 0.25) is 0 Å². The maximum absolute atomic E-state index is 12.4. The molecule has 0 aromatic heterocycles. The summed E-state index contributed by atoms with van der Waals surface area (Å²) < 4.78 is 0. The van der Waals surface area contributed by atoms with Crippen LogP contribution in [-0.2, 0) is 11.3 Å². The van der Waals surface area contributed by atoms with Crippen LogP contribution in [-0.4, -0.2) is 38.5 Å². The molecule has 2 aromatic rings. The third-order valence-electron chi connectivity index (χ3n) is 5.49. The van der Waals surface area contributed by atoms with E-state index in [1.54, 1.807) is 17.0 Å². The fraction of sp³-hybridized carbons (Fsp3) is 0.364. The first-order valence-electron chi connectivity index (χ1n) is 9.74. The van der Waals surface area contributed by atoms with Gasteiger partial charge in [-0.25, -0.2) is 0 Å². The number of hydrogen-bond acceptors (Lipinski definition) is 3. The maximum Gasteiger partial charge on any atom is 0.303 e. The summed E-state index contributed by atoms with van der Waals surface area (Å²) in [5, 5.41) is 0. The summed E-state index contributed by atoms with van der Waals surface area (Å²) in [6.07, 6.45) is 3.81. The number of para-hydroxylation sites is 2. The summed E-state index contributed by atoms with van der Waals surface area (Å²) in [5.41, 5.74) is 3.85. The van der Waals surface area contributed by atoms with Crippen molar-refractivity contribution in [3.05, 3.63) is 59.7 Å². The lowest BCUT2D eigenvalue weighted by molar-refractivity contribution is -0.892. The number of nitrogens with zero attached hydrogens (tertiary/aromatic N) is 2. The number of rotatable bonds is 5. The SMILES string of the molecule is C[NH+](Cc1ccccc1N1CCCCC1)CN1C(=O)C(=O)c2ccccc21. The van der Waals surface area contributed by atoms with Gasteiger partial charge in [0, 0.05) is 24.3 Å². The number of fused-ring (bicyclic) bond motifs is 1. The Morgan fingerprint density at radius 2 is 1.56 bits per heavy atom. The first kappa shape index (κ1) is 17.7. The molecule has 4 rings (SSSR count). The minimum absolute atomic E-state index is 0.396. The zero-order chi connectivity index (χ0) is 18.8. The summed E-state index contributed by atoms with van der Waals surface area (Å²) in [5.74, 6) is -0.813. The number of nitrogens with one attached hydrogen (secondary N) is 1. The smallest absolute Gasteiger partial charge is 0.303 e. The Morgan fingerprint density at radius 1 is 0.889 bits per heavy atom. The van der Waals surface area contributed by atoms with Gasteiger partial charge in [-0.2, -0.15) is 0 Å². The van der Waals surface area contributed by atoms with Gasteiger partial charge >= 0.3 is 5.91 Å². The van der Waals surface area contributed by atoms with Crippen molar-refractivity contribution in [1.29, 1.82) is 0 Å². The Hall–Kier alpha value is -2.66. The summed E-state index contributed by atoms with van der Waals surface area (Å²) >= 11 is 0. The molecule has 0 aliphatic carbocycles. The fourth-order valence-corrected chi connectivity index (χ4v) is 4.16. The number of benzene rings is 2. The minimum atomic E-state index is -0.417. The number of piperidine rings is 1. The average Bonchev–Trinajstić information content (AvgIpc) is 2.94. The molecule has 1 unspecified atom stereocenters. The van der Waals surface area contributed by atoms with E-state index in [-0.39, 0.29) is 0 Å². The van der Waals surface area contributed by atoms with Crippen LogP contribution in [0, 0.1) is 0 Å². The van der Waals surface area contributed by atoms with Crippen LogP contribution < -0.4 is 14.7 Å². The highest BCUT2D eigenvalue weighted by molar-refractivity contribution is 6.52. The van der Waals surface area contributed by atoms with Crippen LogP contribution in [0.1, 0.15) is 35.2 Å². The molecule has 2 heterocycles. The van der Waals surface area contributed by atoms with Gasteiger partial charge in [-0.1, -0.05) is 30.3 Å². The van der Waals surface area contributed by atoms with Crippen molar-refractivity contribution in [1.82, 2.24) is 0 Å². The molecule has 140 valence electrons. The lowest BCUT2D eigenvalue weighted by atomic mass is 10.1. The zero-order valence-electron chi connectivity index (χ0n) is 15.8. The number of Topliss-reactive ketones (excluding diaryl/α,β-unsaturated/α-hetero) is 1. The molecule has 1 saturated heterocycles. The lowest BCUT2D eigenvalue weighted by Gasteiger charge is -2.31. The second-order valence-corrected chi connectivity index (χ2v) is 7.55. The van der Waals surface area contributed by atoms with Gasteiger partial charge in [-0.15, -0.1) is 0 Å². The molecule has 27 heavy (non-hydrogen) atoms. The van der Waals surface area contributed by atoms with Crippen molar-refractivity contribution in [2.24, 2.45) is 0 Å². The van der Waals surface area contributed by atoms with Crippen molar-refractivity contribution in [2.45, 2.75) is 25.8 Å². The molecule has 1 fully saturated rings. The predicted molar refractivity (Wildman–Crippen MR) is 106 cm³/mol. The Morgan fingerprint density at radius 3 is 2.33 bits per heavy atom. The topological polar surface area (TPSA) is 45.1 Å². The van der Waals surface area contributed by atoms with E-state index in [0.717, 1.165) is 25.3 Å². The largest absolute Gasteiger partial charge is 0.371 e. The molecule has 2 aliphatic heterocycles. The molecule has 2 aromatic carbocycles. The third kappa shape index (κ3) is 3.47. The van der Waals surface area contributed by atoms with Crippen molar-refractivity contribution in [3.63, 3.8) is 0 Å². The van der Waals surface area contributed by atoms with Gasteiger partial charge in [-0.05, 0) is 37.5 Å². The normalized spacial score (nSPS) is 18.0. The van der Waals surface area contributed by atoms with Crippen LogP contribution in [0.5, 0.6) is 0 Å². The molecular formula is C22H26N3O2+. The van der Waals surface area contributed by atoms with E-state index in [1.807, 2.05) is 12.1 Å². The van der Waals surface area contributed by atoms with Crippen molar-refractivity contribution in [3.8, 4) is 0 Å². The number of carbonyl (C=O) groups is 2. The van der Waals surface area contributed by atoms with E-state index in [4.69, 9.17) is 0 Å². The van der Waals surface area contributed by atoms with Crippen molar-refractivity contribution < 1.29 is 14.5 Å². The number of ketones is 1. The molecule has 2 aliphatic rings. The van der Waals surface area contributed by atoms with Crippen molar-refractivity contribution in [2.75, 3.05) is 36.6 Å². The fourth-order valence-electron chi connectivity index (χ4n) is 4.16. The number of quaternary nitrogens is 1. The number of carbonyl (C=O) groups excluding carboxylic acids is 2. The summed E-state index contributed by atoms with van der Waals surface area (Å²) in [6.45, 7) is 3.52. The Bertz CT molecular complexity index is 858. The Balaban J connectivity index is 1.50. The van der Waals surface area contributed by atoms with E-state index >= 15 is 0 Å². The monoisotopic (exact) mass is 364 g/mol. The van der Waals surface area contributed by atoms with Crippen LogP contribution in [0.25, 0.3) is 0 Å². The molecule has 5 nitrogen and oxygen atoms in total. The van der Waals surface area contributed by atoms with Crippen LogP contribution in [0.2, 0.25) is 0 Å². The molecule has 5 heteroatoms. The summed E-state index contributed by atoms with van der Waals surface area (Å²) in [7, 11) is 2.08. The van der Waals surface area contributed by atoms with Gasteiger partial charge in [0.15, 0.2) is 6.67 Å². The highest BCUT2D eigenvalue weighted by Crippen LogP contribution is 2.27. The van der Waals surface area contributed by atoms with E-state index < -0.39 is 11.7 Å². The highest BCUT2D eigenvalue weighted by atomic mass is 16.2. The second kappa shape index (κ2) is 7.53. The van der Waals surface area contributed by atoms with E-state index in [9.17, 15) is 9.59 Å². The standard InChI is InChI=1S/C22H25N3O2/c1-23(16-25-20-12-6-4-10-18(20)21(26)22(25)27)15-17-9-3-5-11-19(17)24-13-7-2-8-14-24/h3-6,9-12H,2,7-8,13-16H2,1H3/p+1. The summed E-state index contributed by atoms with van der Waals surface area (Å²) in [4.78, 5) is 29.9. The number of amides is 1. The highest BCUT2D eigenvalue weighted by Gasteiger charge is 2.37. The molecule has 1 amide bonds. The van der Waals surface area contributed by atoms with Crippen LogP contribution >= 0.6 is 0 Å². The number of anilines is 2. The van der Waals surface area contributed by atoms with Crippen molar-refractivity contribution >= 4 is 23.1 Å². The molecule has 1 atom stereocenters. The summed E-state index contributed by atoms with van der Waals surface area (Å²) in [6, 6.07) is 15.8. The van der Waals surface area contributed by atoms with Gasteiger partial charge in [0.05, 0.1) is 18.3 Å². The van der Waals surface area contributed by atoms with Crippen LogP contribution in [0.3, 0.4) is 0 Å². The average molecular weight is 364 g/mol. The lowest BCUT2D eigenvalue weighted by Crippen LogP contribution is -3.09. The number of hydrogen-bond donors (Lipinski definition) is 1. The molecular weight excluding hydrogens is 338 g/mol. The first-order valence-corrected chi connectivity index (χ1v) is 9.74. The van der Waals surface area contributed by atoms with E-state index in [0.29, 0.717) is 12.2 Å². The Labute approximate surface area is 160 Å². The quantitative estimate of drug-likeness (QED) is 0.824. The maximum atomic E-state index is 12.4. The van der Waals surface area contributed by atoms with E-state index in [2.05, 4.69) is 36.2 Å². The van der Waals surface area contributed by atoms with E-state index in [1.165, 1.54) is 35.4 Å². The molecule has 1 N–H and O–H groups in total. The molecule has 0 saturated carbocycles.